The number of thiazole rings is 1. The molecule has 0 aliphatic heterocycles. The van der Waals surface area contributed by atoms with Crippen LogP contribution in [-0.4, -0.2) is 35.1 Å². The number of hydrogen-bond donors (Lipinski definition) is 0. The summed E-state index contributed by atoms with van der Waals surface area (Å²) < 4.78 is 43.7. The highest BCUT2D eigenvalue weighted by Crippen LogP contribution is 2.25. The number of ether oxygens (including phenoxy) is 1. The highest BCUT2D eigenvalue weighted by Gasteiger charge is 2.34. The summed E-state index contributed by atoms with van der Waals surface area (Å²) in [5, 5.41) is 1.10. The minimum Gasteiger partial charge on any atom is -0.486 e. The molecule has 1 amide bonds. The molecule has 0 aliphatic carbocycles. The molecule has 4 nitrogen and oxygen atoms in total. The number of amides is 1. The van der Waals surface area contributed by atoms with E-state index < -0.39 is 18.6 Å². The molecule has 142 valence electrons. The first-order valence-corrected chi connectivity index (χ1v) is 9.09. The summed E-state index contributed by atoms with van der Waals surface area (Å²) in [4.78, 5) is 17.8. The zero-order valence-corrected chi connectivity index (χ0v) is 15.8. The molecule has 1 aromatic heterocycles. The third kappa shape index (κ3) is 5.88. The molecule has 26 heavy (non-hydrogen) atoms. The van der Waals surface area contributed by atoms with Gasteiger partial charge in [0.1, 0.15) is 28.8 Å². The first-order valence-electron chi connectivity index (χ1n) is 7.90. The van der Waals surface area contributed by atoms with E-state index in [1.165, 1.54) is 0 Å². The predicted octanol–water partition coefficient (Wildman–Crippen LogP) is 5.10. The van der Waals surface area contributed by atoms with Crippen molar-refractivity contribution in [1.29, 1.82) is 0 Å². The Bertz CT molecular complexity index is 747. The van der Waals surface area contributed by atoms with Crippen LogP contribution >= 0.6 is 22.9 Å². The second-order valence-electron chi connectivity index (χ2n) is 5.61. The topological polar surface area (TPSA) is 42.4 Å². The smallest absolute Gasteiger partial charge is 0.406 e. The Labute approximate surface area is 158 Å². The maximum atomic E-state index is 12.7. The standard InChI is InChI=1S/C17H18ClF3N2O2S/c1-3-8-23(10-17(19,20)21)16(24)15-11(2)22-14(26-15)9-25-13-6-4-12(18)5-7-13/h4-7H,3,8-10H2,1-2H3. The monoisotopic (exact) mass is 406 g/mol. The highest BCUT2D eigenvalue weighted by atomic mass is 35.5. The van der Waals surface area contributed by atoms with Gasteiger partial charge in [-0.15, -0.1) is 11.3 Å². The van der Waals surface area contributed by atoms with E-state index in [9.17, 15) is 18.0 Å². The molecular formula is C17H18ClF3N2O2S. The van der Waals surface area contributed by atoms with Gasteiger partial charge in [0, 0.05) is 11.6 Å². The van der Waals surface area contributed by atoms with E-state index in [0.717, 1.165) is 16.2 Å². The summed E-state index contributed by atoms with van der Waals surface area (Å²) in [5.74, 6) is -0.0725. The van der Waals surface area contributed by atoms with E-state index in [0.29, 0.717) is 27.9 Å². The number of halogens is 4. The molecule has 1 heterocycles. The summed E-state index contributed by atoms with van der Waals surface area (Å²) in [6.45, 7) is 2.21. The number of hydrogen-bond acceptors (Lipinski definition) is 4. The highest BCUT2D eigenvalue weighted by molar-refractivity contribution is 7.13. The van der Waals surface area contributed by atoms with Gasteiger partial charge < -0.3 is 9.64 Å². The molecular weight excluding hydrogens is 389 g/mol. The summed E-state index contributed by atoms with van der Waals surface area (Å²) in [7, 11) is 0. The molecule has 0 radical (unpaired) electrons. The zero-order chi connectivity index (χ0) is 19.3. The minimum atomic E-state index is -4.44. The first kappa shape index (κ1) is 20.5. The van der Waals surface area contributed by atoms with E-state index in [4.69, 9.17) is 16.3 Å². The van der Waals surface area contributed by atoms with Crippen molar-refractivity contribution >= 4 is 28.8 Å². The van der Waals surface area contributed by atoms with Crippen LogP contribution in [0.1, 0.15) is 33.7 Å². The molecule has 0 atom stereocenters. The van der Waals surface area contributed by atoms with Gasteiger partial charge >= 0.3 is 6.18 Å². The van der Waals surface area contributed by atoms with Gasteiger partial charge in [0.2, 0.25) is 0 Å². The molecule has 0 saturated heterocycles. The lowest BCUT2D eigenvalue weighted by Gasteiger charge is -2.22. The van der Waals surface area contributed by atoms with Crippen LogP contribution in [0.25, 0.3) is 0 Å². The Kier molecular flexibility index (Phi) is 6.88. The molecule has 2 rings (SSSR count). The summed E-state index contributed by atoms with van der Waals surface area (Å²) in [6.07, 6.45) is -4.00. The largest absolute Gasteiger partial charge is 0.486 e. The molecule has 9 heteroatoms. The zero-order valence-electron chi connectivity index (χ0n) is 14.3. The molecule has 0 saturated carbocycles. The Balaban J connectivity index is 2.09. The normalized spacial score (nSPS) is 11.5. The summed E-state index contributed by atoms with van der Waals surface area (Å²) >= 11 is 6.85. The van der Waals surface area contributed by atoms with Crippen molar-refractivity contribution in [3.05, 3.63) is 44.9 Å². The quantitative estimate of drug-likeness (QED) is 0.642. The second-order valence-corrected chi connectivity index (χ2v) is 7.13. The number of rotatable bonds is 7. The molecule has 2 aromatic rings. The van der Waals surface area contributed by atoms with E-state index in [2.05, 4.69) is 4.98 Å². The number of aromatic nitrogens is 1. The number of benzene rings is 1. The molecule has 0 spiro atoms. The fourth-order valence-corrected chi connectivity index (χ4v) is 3.34. The van der Waals surface area contributed by atoms with E-state index >= 15 is 0 Å². The average molecular weight is 407 g/mol. The van der Waals surface area contributed by atoms with Crippen molar-refractivity contribution in [2.24, 2.45) is 0 Å². The summed E-state index contributed by atoms with van der Waals surface area (Å²) in [5.41, 5.74) is 0.401. The SMILES string of the molecule is CCCN(CC(F)(F)F)C(=O)c1sc(COc2ccc(Cl)cc2)nc1C. The third-order valence-electron chi connectivity index (χ3n) is 3.36. The second kappa shape index (κ2) is 8.73. The van der Waals surface area contributed by atoms with Crippen LogP contribution in [-0.2, 0) is 6.61 Å². The van der Waals surface area contributed by atoms with Crippen LogP contribution in [0.4, 0.5) is 13.2 Å². The molecule has 0 bridgehead atoms. The fourth-order valence-electron chi connectivity index (χ4n) is 2.27. The van der Waals surface area contributed by atoms with E-state index in [1.54, 1.807) is 38.1 Å². The third-order valence-corrected chi connectivity index (χ3v) is 4.73. The van der Waals surface area contributed by atoms with Gasteiger partial charge in [0.05, 0.1) is 5.69 Å². The van der Waals surface area contributed by atoms with Gasteiger partial charge in [0.15, 0.2) is 0 Å². The Morgan fingerprint density at radius 3 is 2.54 bits per heavy atom. The Morgan fingerprint density at radius 2 is 1.96 bits per heavy atom. The molecule has 0 N–H and O–H groups in total. The molecule has 0 unspecified atom stereocenters. The van der Waals surface area contributed by atoms with E-state index in [-0.39, 0.29) is 18.0 Å². The Morgan fingerprint density at radius 1 is 1.31 bits per heavy atom. The van der Waals surface area contributed by atoms with Gasteiger partial charge in [-0.3, -0.25) is 4.79 Å². The van der Waals surface area contributed by atoms with Crippen molar-refractivity contribution in [1.82, 2.24) is 9.88 Å². The minimum absolute atomic E-state index is 0.0340. The van der Waals surface area contributed by atoms with Crippen LogP contribution in [0.15, 0.2) is 24.3 Å². The van der Waals surface area contributed by atoms with Gasteiger partial charge in [0.25, 0.3) is 5.91 Å². The van der Waals surface area contributed by atoms with Crippen molar-refractivity contribution in [2.45, 2.75) is 33.1 Å². The van der Waals surface area contributed by atoms with Crippen molar-refractivity contribution < 1.29 is 22.7 Å². The van der Waals surface area contributed by atoms with Crippen LogP contribution in [0.2, 0.25) is 5.02 Å². The maximum Gasteiger partial charge on any atom is 0.406 e. The lowest BCUT2D eigenvalue weighted by atomic mass is 10.3. The Hall–Kier alpha value is -1.80. The van der Waals surface area contributed by atoms with Gasteiger partial charge in [-0.25, -0.2) is 4.98 Å². The van der Waals surface area contributed by atoms with Crippen LogP contribution in [0.3, 0.4) is 0 Å². The van der Waals surface area contributed by atoms with Crippen LogP contribution in [0.5, 0.6) is 5.75 Å². The van der Waals surface area contributed by atoms with Crippen LogP contribution in [0, 0.1) is 6.92 Å². The summed E-state index contributed by atoms with van der Waals surface area (Å²) in [6, 6.07) is 6.75. The molecule has 1 aromatic carbocycles. The van der Waals surface area contributed by atoms with Crippen molar-refractivity contribution in [3.8, 4) is 5.75 Å². The van der Waals surface area contributed by atoms with Crippen molar-refractivity contribution in [2.75, 3.05) is 13.1 Å². The number of alkyl halides is 3. The predicted molar refractivity (Wildman–Crippen MR) is 94.9 cm³/mol. The average Bonchev–Trinajstić information content (AvgIpc) is 2.93. The molecule has 0 fully saturated rings. The van der Waals surface area contributed by atoms with Gasteiger partial charge in [-0.05, 0) is 37.6 Å². The van der Waals surface area contributed by atoms with Crippen LogP contribution < -0.4 is 4.74 Å². The number of nitrogens with zero attached hydrogens (tertiary/aromatic N) is 2. The number of carbonyl (C=O) groups is 1. The number of carbonyl (C=O) groups excluding carboxylic acids is 1. The molecule has 0 aliphatic rings. The first-order chi connectivity index (χ1) is 12.2. The lowest BCUT2D eigenvalue weighted by molar-refractivity contribution is -0.140. The van der Waals surface area contributed by atoms with Gasteiger partial charge in [-0.1, -0.05) is 18.5 Å². The lowest BCUT2D eigenvalue weighted by Crippen LogP contribution is -2.39. The van der Waals surface area contributed by atoms with E-state index in [1.807, 2.05) is 0 Å². The van der Waals surface area contributed by atoms with Crippen molar-refractivity contribution in [3.63, 3.8) is 0 Å². The number of aryl methyl sites for hydroxylation is 1. The maximum absolute atomic E-state index is 12.7. The fraction of sp³-hybridized carbons (Fsp3) is 0.412. The van der Waals surface area contributed by atoms with Gasteiger partial charge in [-0.2, -0.15) is 13.2 Å².